The maximum Gasteiger partial charge on any atom is 0.256 e. The van der Waals surface area contributed by atoms with Crippen LogP contribution in [0.25, 0.3) is 5.57 Å². The molecule has 0 unspecified atom stereocenters. The quantitative estimate of drug-likeness (QED) is 0.706. The smallest absolute Gasteiger partial charge is 0.256 e. The van der Waals surface area contributed by atoms with Gasteiger partial charge < -0.3 is 5.32 Å². The van der Waals surface area contributed by atoms with Gasteiger partial charge in [-0.05, 0) is 32.0 Å². The third-order valence-electron chi connectivity index (χ3n) is 2.23. The van der Waals surface area contributed by atoms with Gasteiger partial charge in [0.15, 0.2) is 0 Å². The van der Waals surface area contributed by atoms with E-state index in [1.807, 2.05) is 32.0 Å². The summed E-state index contributed by atoms with van der Waals surface area (Å²) in [7, 11) is 0. The van der Waals surface area contributed by atoms with E-state index < -0.39 is 0 Å². The van der Waals surface area contributed by atoms with Crippen LogP contribution in [-0.4, -0.2) is 5.91 Å². The molecule has 1 N–H and O–H groups in total. The molecule has 0 fully saturated rings. The van der Waals surface area contributed by atoms with Crippen LogP contribution in [0.2, 0.25) is 0 Å². The molecule has 1 aliphatic heterocycles. The first-order valence-electron chi connectivity index (χ1n) is 4.38. The van der Waals surface area contributed by atoms with Crippen molar-refractivity contribution in [2.75, 3.05) is 5.32 Å². The van der Waals surface area contributed by atoms with Gasteiger partial charge in [-0.2, -0.15) is 0 Å². The van der Waals surface area contributed by atoms with Gasteiger partial charge in [0.05, 0.1) is 0 Å². The Hall–Kier alpha value is -1.09. The number of carbonyl (C=O) groups is 1. The monoisotopic (exact) mass is 251 g/mol. The summed E-state index contributed by atoms with van der Waals surface area (Å²) in [5.74, 6) is -0.00176. The molecule has 2 nitrogen and oxygen atoms in total. The normalized spacial score (nSPS) is 13.9. The number of carbonyl (C=O) groups excluding carboxylic acids is 1. The number of amides is 1. The van der Waals surface area contributed by atoms with E-state index in [9.17, 15) is 4.79 Å². The fraction of sp³-hybridized carbons (Fsp3) is 0.182. The van der Waals surface area contributed by atoms with Gasteiger partial charge in [-0.15, -0.1) is 0 Å². The minimum absolute atomic E-state index is 0.00176. The summed E-state index contributed by atoms with van der Waals surface area (Å²) in [6.07, 6.45) is 0. The SMILES string of the molecule is CC(C)=C1C(=O)Nc2ccc(Br)cc21. The second-order valence-corrected chi connectivity index (χ2v) is 4.43. The Morgan fingerprint density at radius 2 is 2.07 bits per heavy atom. The third kappa shape index (κ3) is 1.38. The van der Waals surface area contributed by atoms with Crippen molar-refractivity contribution in [1.82, 2.24) is 0 Å². The minimum Gasteiger partial charge on any atom is -0.321 e. The van der Waals surface area contributed by atoms with E-state index >= 15 is 0 Å². The van der Waals surface area contributed by atoms with E-state index in [1.165, 1.54) is 0 Å². The van der Waals surface area contributed by atoms with Crippen LogP contribution in [0.3, 0.4) is 0 Å². The lowest BCUT2D eigenvalue weighted by molar-refractivity contribution is -0.110. The number of benzene rings is 1. The molecule has 1 amide bonds. The third-order valence-corrected chi connectivity index (χ3v) is 2.72. The van der Waals surface area contributed by atoms with Crippen molar-refractivity contribution < 1.29 is 4.79 Å². The highest BCUT2D eigenvalue weighted by atomic mass is 79.9. The van der Waals surface area contributed by atoms with Crippen molar-refractivity contribution in [3.05, 3.63) is 33.8 Å². The Morgan fingerprint density at radius 3 is 2.71 bits per heavy atom. The summed E-state index contributed by atoms with van der Waals surface area (Å²) in [6.45, 7) is 3.90. The van der Waals surface area contributed by atoms with Crippen LogP contribution in [0.1, 0.15) is 19.4 Å². The lowest BCUT2D eigenvalue weighted by atomic mass is 10.0. The zero-order valence-corrected chi connectivity index (χ0v) is 9.60. The van der Waals surface area contributed by atoms with E-state index in [0.717, 1.165) is 26.9 Å². The molecule has 14 heavy (non-hydrogen) atoms. The average molecular weight is 252 g/mol. The molecule has 0 atom stereocenters. The van der Waals surface area contributed by atoms with Crippen LogP contribution >= 0.6 is 15.9 Å². The minimum atomic E-state index is -0.00176. The van der Waals surface area contributed by atoms with Crippen molar-refractivity contribution in [2.45, 2.75) is 13.8 Å². The Labute approximate surface area is 91.1 Å². The van der Waals surface area contributed by atoms with E-state index in [0.29, 0.717) is 0 Å². The van der Waals surface area contributed by atoms with Crippen molar-refractivity contribution in [3.8, 4) is 0 Å². The number of nitrogens with one attached hydrogen (secondary N) is 1. The topological polar surface area (TPSA) is 29.1 Å². The van der Waals surface area contributed by atoms with Crippen LogP contribution in [-0.2, 0) is 4.79 Å². The van der Waals surface area contributed by atoms with Crippen LogP contribution in [0.4, 0.5) is 5.69 Å². The number of halogens is 1. The maximum atomic E-state index is 11.6. The van der Waals surface area contributed by atoms with Crippen molar-refractivity contribution in [3.63, 3.8) is 0 Å². The number of fused-ring (bicyclic) bond motifs is 1. The summed E-state index contributed by atoms with van der Waals surface area (Å²) >= 11 is 3.40. The zero-order chi connectivity index (χ0) is 10.3. The Bertz CT molecular complexity index is 445. The predicted octanol–water partition coefficient (Wildman–Crippen LogP) is 3.19. The van der Waals surface area contributed by atoms with Crippen LogP contribution < -0.4 is 5.32 Å². The molecule has 0 spiro atoms. The fourth-order valence-electron chi connectivity index (χ4n) is 1.64. The van der Waals surface area contributed by atoms with E-state index in [4.69, 9.17) is 0 Å². The molecule has 2 rings (SSSR count). The molecule has 0 radical (unpaired) electrons. The highest BCUT2D eigenvalue weighted by molar-refractivity contribution is 9.10. The first kappa shape index (κ1) is 9.46. The molecule has 0 bridgehead atoms. The molecule has 0 aromatic heterocycles. The molecule has 3 heteroatoms. The molecule has 0 saturated carbocycles. The summed E-state index contributed by atoms with van der Waals surface area (Å²) in [5, 5.41) is 2.84. The lowest BCUT2D eigenvalue weighted by Crippen LogP contribution is -2.04. The van der Waals surface area contributed by atoms with E-state index in [-0.39, 0.29) is 5.91 Å². The average Bonchev–Trinajstić information content (AvgIpc) is 2.40. The molecular formula is C11H10BrNO. The number of allylic oxidation sites excluding steroid dienone is 1. The number of hydrogen-bond acceptors (Lipinski definition) is 1. The molecule has 0 aliphatic carbocycles. The van der Waals surface area contributed by atoms with Crippen LogP contribution in [0, 0.1) is 0 Å². The summed E-state index contributed by atoms with van der Waals surface area (Å²) in [4.78, 5) is 11.6. The summed E-state index contributed by atoms with van der Waals surface area (Å²) < 4.78 is 0.992. The molecule has 0 saturated heterocycles. The van der Waals surface area contributed by atoms with Crippen molar-refractivity contribution in [2.24, 2.45) is 0 Å². The van der Waals surface area contributed by atoms with Gasteiger partial charge >= 0.3 is 0 Å². The Kier molecular flexibility index (Phi) is 2.19. The van der Waals surface area contributed by atoms with Gasteiger partial charge in [0.25, 0.3) is 5.91 Å². The molecule has 1 aromatic carbocycles. The van der Waals surface area contributed by atoms with Crippen LogP contribution in [0.15, 0.2) is 28.2 Å². The van der Waals surface area contributed by atoms with Crippen molar-refractivity contribution >= 4 is 33.1 Å². The van der Waals surface area contributed by atoms with Gasteiger partial charge in [-0.3, -0.25) is 4.79 Å². The van der Waals surface area contributed by atoms with E-state index in [2.05, 4.69) is 21.2 Å². The second-order valence-electron chi connectivity index (χ2n) is 3.52. The highest BCUT2D eigenvalue weighted by Gasteiger charge is 2.24. The number of anilines is 1. The molecule has 1 aromatic rings. The van der Waals surface area contributed by atoms with Gasteiger partial charge in [0.1, 0.15) is 0 Å². The fourth-order valence-corrected chi connectivity index (χ4v) is 2.00. The predicted molar refractivity (Wildman–Crippen MR) is 61.0 cm³/mol. The summed E-state index contributed by atoms with van der Waals surface area (Å²) in [5.41, 5.74) is 3.72. The van der Waals surface area contributed by atoms with Gasteiger partial charge in [0, 0.05) is 21.3 Å². The van der Waals surface area contributed by atoms with Gasteiger partial charge in [0.2, 0.25) is 0 Å². The standard InChI is InChI=1S/C11H10BrNO/c1-6(2)10-8-5-7(12)3-4-9(8)13-11(10)14/h3-5H,1-2H3,(H,13,14). The largest absolute Gasteiger partial charge is 0.321 e. The first-order chi connectivity index (χ1) is 6.59. The first-order valence-corrected chi connectivity index (χ1v) is 5.17. The molecular weight excluding hydrogens is 242 g/mol. The molecule has 1 heterocycles. The van der Waals surface area contributed by atoms with Gasteiger partial charge in [-0.25, -0.2) is 0 Å². The highest BCUT2D eigenvalue weighted by Crippen LogP contribution is 2.35. The Morgan fingerprint density at radius 1 is 1.36 bits per heavy atom. The maximum absolute atomic E-state index is 11.6. The molecule has 1 aliphatic rings. The van der Waals surface area contributed by atoms with E-state index in [1.54, 1.807) is 0 Å². The lowest BCUT2D eigenvalue weighted by Gasteiger charge is -2.00. The summed E-state index contributed by atoms with van der Waals surface area (Å²) in [6, 6.07) is 5.80. The Balaban J connectivity index is 2.68. The molecule has 72 valence electrons. The van der Waals surface area contributed by atoms with Crippen LogP contribution in [0.5, 0.6) is 0 Å². The zero-order valence-electron chi connectivity index (χ0n) is 8.02. The van der Waals surface area contributed by atoms with Crippen molar-refractivity contribution in [1.29, 1.82) is 0 Å². The second kappa shape index (κ2) is 3.24. The number of rotatable bonds is 0. The number of hydrogen-bond donors (Lipinski definition) is 1. The van der Waals surface area contributed by atoms with Gasteiger partial charge in [-0.1, -0.05) is 21.5 Å².